The van der Waals surface area contributed by atoms with Gasteiger partial charge in [0.1, 0.15) is 0 Å². The zero-order valence-corrected chi connectivity index (χ0v) is 10.2. The second-order valence-corrected chi connectivity index (χ2v) is 4.60. The predicted molar refractivity (Wildman–Crippen MR) is 61.8 cm³/mol. The molecule has 13 heavy (non-hydrogen) atoms. The summed E-state index contributed by atoms with van der Waals surface area (Å²) in [5.74, 6) is 2.52. The third-order valence-electron chi connectivity index (χ3n) is 2.86. The van der Waals surface area contributed by atoms with E-state index in [1.54, 1.807) is 5.57 Å². The van der Waals surface area contributed by atoms with Crippen LogP contribution < -0.4 is 0 Å². The van der Waals surface area contributed by atoms with Gasteiger partial charge in [0.25, 0.3) is 0 Å². The molecule has 0 bridgehead atoms. The van der Waals surface area contributed by atoms with Crippen molar-refractivity contribution in [3.8, 4) is 0 Å². The molecule has 78 valence electrons. The normalized spacial score (nSPS) is 33.1. The molecular formula is C13H26. The van der Waals surface area contributed by atoms with Gasteiger partial charge in [0.15, 0.2) is 0 Å². The summed E-state index contributed by atoms with van der Waals surface area (Å²) in [6.07, 6.45) is 5.04. The largest absolute Gasteiger partial charge is 0.0825 e. The van der Waals surface area contributed by atoms with Crippen LogP contribution in [0.3, 0.4) is 0 Å². The van der Waals surface area contributed by atoms with Crippen LogP contribution in [0.1, 0.15) is 54.4 Å². The highest BCUT2D eigenvalue weighted by Crippen LogP contribution is 2.32. The Hall–Kier alpha value is -0.260. The molecule has 0 N–H and O–H groups in total. The Kier molecular flexibility index (Phi) is 6.11. The van der Waals surface area contributed by atoms with E-state index in [9.17, 15) is 0 Å². The summed E-state index contributed by atoms with van der Waals surface area (Å²) < 4.78 is 0. The van der Waals surface area contributed by atoms with Gasteiger partial charge < -0.3 is 0 Å². The first-order valence-corrected chi connectivity index (χ1v) is 5.71. The van der Waals surface area contributed by atoms with Gasteiger partial charge >= 0.3 is 0 Å². The Labute approximate surface area is 84.4 Å². The summed E-state index contributed by atoms with van der Waals surface area (Å²) in [7, 11) is 0. The average Bonchev–Trinajstić information content (AvgIpc) is 2.01. The summed E-state index contributed by atoms with van der Waals surface area (Å²) in [5.41, 5.74) is 1.59. The Bertz CT molecular complexity index is 155. The smallest absolute Gasteiger partial charge is 0.0208 e. The molecule has 1 aliphatic carbocycles. The van der Waals surface area contributed by atoms with Crippen LogP contribution in [-0.4, -0.2) is 0 Å². The van der Waals surface area contributed by atoms with E-state index < -0.39 is 0 Å². The number of allylic oxidation sites excluding steroid dienone is 2. The predicted octanol–water partition coefficient (Wildman–Crippen LogP) is 4.66. The van der Waals surface area contributed by atoms with Gasteiger partial charge in [-0.05, 0) is 31.1 Å². The fourth-order valence-corrected chi connectivity index (χ4v) is 1.91. The van der Waals surface area contributed by atoms with Crippen molar-refractivity contribution in [2.24, 2.45) is 17.8 Å². The van der Waals surface area contributed by atoms with Gasteiger partial charge in [-0.25, -0.2) is 0 Å². The van der Waals surface area contributed by atoms with Crippen molar-refractivity contribution in [1.29, 1.82) is 0 Å². The minimum Gasteiger partial charge on any atom is -0.0825 e. The minimum absolute atomic E-state index is 0.811. The van der Waals surface area contributed by atoms with E-state index in [2.05, 4.69) is 47.6 Å². The van der Waals surface area contributed by atoms with E-state index >= 15 is 0 Å². The highest BCUT2D eigenvalue weighted by molar-refractivity contribution is 5.09. The lowest BCUT2D eigenvalue weighted by Gasteiger charge is -2.28. The monoisotopic (exact) mass is 182 g/mol. The first-order valence-electron chi connectivity index (χ1n) is 5.71. The zero-order valence-electron chi connectivity index (χ0n) is 10.2. The van der Waals surface area contributed by atoms with E-state index in [0.717, 1.165) is 17.8 Å². The average molecular weight is 182 g/mol. The molecular weight excluding hydrogens is 156 g/mol. The minimum atomic E-state index is 0.811. The van der Waals surface area contributed by atoms with Crippen molar-refractivity contribution < 1.29 is 0 Å². The highest BCUT2D eigenvalue weighted by atomic mass is 14.3. The summed E-state index contributed by atoms with van der Waals surface area (Å²) in [4.78, 5) is 0. The fraction of sp³-hybridized carbons (Fsp3) is 0.846. The molecule has 0 heteroatoms. The second-order valence-electron chi connectivity index (χ2n) is 4.60. The number of hydrogen-bond donors (Lipinski definition) is 0. The van der Waals surface area contributed by atoms with Gasteiger partial charge in [-0.15, -0.1) is 0 Å². The standard InChI is InChI=1S/C10H18.C3H8/c1-7-5-8(2)10(4)9(3)6-7;1-3-2/h5,7,9-10H,6H2,1-4H3;3H2,1-2H3. The van der Waals surface area contributed by atoms with E-state index in [4.69, 9.17) is 0 Å². The van der Waals surface area contributed by atoms with Gasteiger partial charge in [0.2, 0.25) is 0 Å². The Morgan fingerprint density at radius 3 is 2.08 bits per heavy atom. The lowest BCUT2D eigenvalue weighted by molar-refractivity contribution is 0.347. The summed E-state index contributed by atoms with van der Waals surface area (Å²) in [6, 6.07) is 0. The molecule has 0 spiro atoms. The molecule has 1 rings (SSSR count). The van der Waals surface area contributed by atoms with E-state index in [0.29, 0.717) is 0 Å². The molecule has 0 heterocycles. The Morgan fingerprint density at radius 2 is 1.69 bits per heavy atom. The number of hydrogen-bond acceptors (Lipinski definition) is 0. The van der Waals surface area contributed by atoms with E-state index in [1.165, 1.54) is 12.8 Å². The lowest BCUT2D eigenvalue weighted by Crippen LogP contribution is -2.17. The molecule has 0 fully saturated rings. The van der Waals surface area contributed by atoms with Gasteiger partial charge in [0, 0.05) is 0 Å². The quantitative estimate of drug-likeness (QED) is 0.478. The van der Waals surface area contributed by atoms with Crippen LogP contribution in [0.4, 0.5) is 0 Å². The fourth-order valence-electron chi connectivity index (χ4n) is 1.91. The first-order chi connectivity index (χ1) is 6.02. The van der Waals surface area contributed by atoms with Crippen molar-refractivity contribution in [3.05, 3.63) is 11.6 Å². The third-order valence-corrected chi connectivity index (χ3v) is 2.86. The third kappa shape index (κ3) is 4.50. The van der Waals surface area contributed by atoms with Crippen LogP contribution in [0.25, 0.3) is 0 Å². The van der Waals surface area contributed by atoms with Crippen molar-refractivity contribution in [2.45, 2.75) is 54.4 Å². The topological polar surface area (TPSA) is 0 Å². The molecule has 0 aliphatic heterocycles. The molecule has 0 aromatic rings. The van der Waals surface area contributed by atoms with Crippen molar-refractivity contribution in [2.75, 3.05) is 0 Å². The van der Waals surface area contributed by atoms with Crippen molar-refractivity contribution >= 4 is 0 Å². The molecule has 0 saturated carbocycles. The van der Waals surface area contributed by atoms with Crippen LogP contribution in [0.15, 0.2) is 11.6 Å². The van der Waals surface area contributed by atoms with Crippen LogP contribution in [0.2, 0.25) is 0 Å². The highest BCUT2D eigenvalue weighted by Gasteiger charge is 2.20. The molecule has 0 radical (unpaired) electrons. The van der Waals surface area contributed by atoms with Crippen molar-refractivity contribution in [1.82, 2.24) is 0 Å². The molecule has 0 aromatic carbocycles. The maximum absolute atomic E-state index is 2.42. The second kappa shape index (κ2) is 6.23. The molecule has 0 aromatic heterocycles. The van der Waals surface area contributed by atoms with Crippen LogP contribution in [-0.2, 0) is 0 Å². The maximum atomic E-state index is 2.42. The molecule has 3 atom stereocenters. The van der Waals surface area contributed by atoms with Crippen LogP contribution >= 0.6 is 0 Å². The molecule has 0 amide bonds. The van der Waals surface area contributed by atoms with Crippen LogP contribution in [0.5, 0.6) is 0 Å². The van der Waals surface area contributed by atoms with Gasteiger partial charge in [-0.3, -0.25) is 0 Å². The van der Waals surface area contributed by atoms with Crippen molar-refractivity contribution in [3.63, 3.8) is 0 Å². The Balaban J connectivity index is 0.000000424. The first kappa shape index (κ1) is 12.7. The summed E-state index contributed by atoms with van der Waals surface area (Å²) >= 11 is 0. The molecule has 0 saturated heterocycles. The molecule has 1 aliphatic rings. The Morgan fingerprint density at radius 1 is 1.23 bits per heavy atom. The maximum Gasteiger partial charge on any atom is -0.0208 e. The number of rotatable bonds is 0. The summed E-state index contributed by atoms with van der Waals surface area (Å²) in [5, 5.41) is 0. The van der Waals surface area contributed by atoms with Gasteiger partial charge in [0.05, 0.1) is 0 Å². The summed E-state index contributed by atoms with van der Waals surface area (Å²) in [6.45, 7) is 13.5. The van der Waals surface area contributed by atoms with Gasteiger partial charge in [-0.2, -0.15) is 0 Å². The SMILES string of the molecule is CC1=CC(C)CC(C)C1C.CCC. The molecule has 3 unspecified atom stereocenters. The van der Waals surface area contributed by atoms with Crippen LogP contribution in [0, 0.1) is 17.8 Å². The van der Waals surface area contributed by atoms with E-state index in [1.807, 2.05) is 0 Å². The zero-order chi connectivity index (χ0) is 10.4. The van der Waals surface area contributed by atoms with E-state index in [-0.39, 0.29) is 0 Å². The van der Waals surface area contributed by atoms with Gasteiger partial charge in [-0.1, -0.05) is 52.7 Å². The molecule has 0 nitrogen and oxygen atoms in total. The lowest BCUT2D eigenvalue weighted by atomic mass is 9.77.